The summed E-state index contributed by atoms with van der Waals surface area (Å²) in [6.07, 6.45) is 6.03. The molecule has 4 rings (SSSR count). The molecule has 1 aromatic heterocycles. The summed E-state index contributed by atoms with van der Waals surface area (Å²) >= 11 is 0. The Bertz CT molecular complexity index is 918. The molecule has 144 valence electrons. The number of hydrogen-bond acceptors (Lipinski definition) is 2. The van der Waals surface area contributed by atoms with Crippen LogP contribution in [0.25, 0.3) is 11.3 Å². The number of imidazole rings is 1. The molecule has 1 atom stereocenters. The van der Waals surface area contributed by atoms with E-state index in [0.29, 0.717) is 6.04 Å². The smallest absolute Gasteiger partial charge is 0.219 e. The van der Waals surface area contributed by atoms with E-state index >= 15 is 0 Å². The lowest BCUT2D eigenvalue weighted by atomic mass is 10.0. The summed E-state index contributed by atoms with van der Waals surface area (Å²) in [4.78, 5) is 18.7. The first-order valence-electron chi connectivity index (χ1n) is 10.1. The Labute approximate surface area is 166 Å². The average Bonchev–Trinajstić information content (AvgIpc) is 3.17. The minimum absolute atomic E-state index is 0.166. The van der Waals surface area contributed by atoms with Crippen molar-refractivity contribution >= 4 is 5.91 Å². The second-order valence-corrected chi connectivity index (χ2v) is 7.56. The van der Waals surface area contributed by atoms with Crippen LogP contribution >= 0.6 is 0 Å². The van der Waals surface area contributed by atoms with E-state index in [4.69, 9.17) is 4.98 Å². The topological polar surface area (TPSA) is 38.1 Å². The number of carbonyl (C=O) groups is 1. The van der Waals surface area contributed by atoms with Crippen molar-refractivity contribution in [1.29, 1.82) is 0 Å². The Morgan fingerprint density at radius 1 is 1.04 bits per heavy atom. The highest BCUT2D eigenvalue weighted by Gasteiger charge is 2.25. The van der Waals surface area contributed by atoms with Gasteiger partial charge in [-0.1, -0.05) is 60.7 Å². The fourth-order valence-electron chi connectivity index (χ4n) is 4.16. The number of aromatic nitrogens is 2. The molecule has 2 aromatic carbocycles. The van der Waals surface area contributed by atoms with Gasteiger partial charge >= 0.3 is 0 Å². The van der Waals surface area contributed by atoms with Crippen molar-refractivity contribution in [2.75, 3.05) is 13.1 Å². The molecule has 1 fully saturated rings. The monoisotopic (exact) mass is 373 g/mol. The molecule has 0 N–H and O–H groups in total. The van der Waals surface area contributed by atoms with E-state index in [1.165, 1.54) is 11.3 Å². The molecule has 1 saturated heterocycles. The van der Waals surface area contributed by atoms with E-state index in [1.807, 2.05) is 17.3 Å². The molecule has 1 aliphatic rings. The number of carbonyl (C=O) groups excluding carboxylic acids is 1. The van der Waals surface area contributed by atoms with Crippen LogP contribution in [0.4, 0.5) is 0 Å². The molecule has 3 aromatic rings. The number of benzene rings is 2. The Hall–Kier alpha value is -2.88. The average molecular weight is 374 g/mol. The van der Waals surface area contributed by atoms with Crippen molar-refractivity contribution < 1.29 is 4.79 Å². The van der Waals surface area contributed by atoms with Gasteiger partial charge in [0.2, 0.25) is 5.91 Å². The Kier molecular flexibility index (Phi) is 5.56. The first-order valence-corrected chi connectivity index (χ1v) is 10.1. The molecule has 0 radical (unpaired) electrons. The largest absolute Gasteiger partial charge is 0.341 e. The van der Waals surface area contributed by atoms with Crippen molar-refractivity contribution in [3.8, 4) is 11.3 Å². The highest BCUT2D eigenvalue weighted by atomic mass is 16.2. The van der Waals surface area contributed by atoms with Gasteiger partial charge in [-0.3, -0.25) is 4.79 Å². The van der Waals surface area contributed by atoms with Crippen LogP contribution in [0.2, 0.25) is 0 Å². The van der Waals surface area contributed by atoms with Gasteiger partial charge < -0.3 is 9.47 Å². The third-order valence-electron chi connectivity index (χ3n) is 5.67. The number of hydrogen-bond donors (Lipinski definition) is 0. The molecule has 0 bridgehead atoms. The van der Waals surface area contributed by atoms with Crippen molar-refractivity contribution in [2.45, 2.75) is 38.6 Å². The molecule has 0 spiro atoms. The summed E-state index contributed by atoms with van der Waals surface area (Å²) in [5.74, 6) is 0.166. The summed E-state index contributed by atoms with van der Waals surface area (Å²) in [5, 5.41) is 0. The van der Waals surface area contributed by atoms with E-state index < -0.39 is 0 Å². The lowest BCUT2D eigenvalue weighted by molar-refractivity contribution is -0.130. The second kappa shape index (κ2) is 8.42. The lowest BCUT2D eigenvalue weighted by Gasteiger charge is -2.33. The first-order chi connectivity index (χ1) is 13.7. The third kappa shape index (κ3) is 4.01. The van der Waals surface area contributed by atoms with E-state index in [2.05, 4.69) is 59.2 Å². The maximum atomic E-state index is 11.9. The standard InChI is InChI=1S/C24H27N3O/c1-19(28)26-16-8-13-22(17-26)27-18-25-24(21-11-6-3-7-12-21)23(27)15-14-20-9-4-2-5-10-20/h2-7,9-12,18,22H,8,13-17H2,1H3. The zero-order chi connectivity index (χ0) is 19.3. The maximum Gasteiger partial charge on any atom is 0.219 e. The van der Waals surface area contributed by atoms with Gasteiger partial charge in [-0.05, 0) is 31.2 Å². The number of amides is 1. The molecule has 1 aliphatic heterocycles. The summed E-state index contributed by atoms with van der Waals surface area (Å²) in [6.45, 7) is 3.31. The molecule has 0 aliphatic carbocycles. The van der Waals surface area contributed by atoms with E-state index in [-0.39, 0.29) is 5.91 Å². The molecule has 4 nitrogen and oxygen atoms in total. The highest BCUT2D eigenvalue weighted by molar-refractivity contribution is 5.73. The van der Waals surface area contributed by atoms with Crippen LogP contribution in [0.1, 0.15) is 37.1 Å². The number of rotatable bonds is 5. The molecule has 0 saturated carbocycles. The second-order valence-electron chi connectivity index (χ2n) is 7.56. The fraction of sp³-hybridized carbons (Fsp3) is 0.333. The minimum atomic E-state index is 0.166. The van der Waals surface area contributed by atoms with Crippen LogP contribution in [0.15, 0.2) is 67.0 Å². The van der Waals surface area contributed by atoms with Crippen molar-refractivity contribution in [2.24, 2.45) is 0 Å². The van der Waals surface area contributed by atoms with Crippen molar-refractivity contribution in [1.82, 2.24) is 14.5 Å². The van der Waals surface area contributed by atoms with Crippen LogP contribution in [0.5, 0.6) is 0 Å². The third-order valence-corrected chi connectivity index (χ3v) is 5.67. The number of aryl methyl sites for hydroxylation is 1. The van der Waals surface area contributed by atoms with Crippen LogP contribution in [0, 0.1) is 0 Å². The SMILES string of the molecule is CC(=O)N1CCCC(n2cnc(-c3ccccc3)c2CCc2ccccc2)C1. The van der Waals surface area contributed by atoms with E-state index in [9.17, 15) is 4.79 Å². The number of piperidine rings is 1. The summed E-state index contributed by atoms with van der Waals surface area (Å²) in [6, 6.07) is 21.3. The summed E-state index contributed by atoms with van der Waals surface area (Å²) in [5.41, 5.74) is 4.83. The molecular formula is C24H27N3O. The zero-order valence-corrected chi connectivity index (χ0v) is 16.4. The fourth-order valence-corrected chi connectivity index (χ4v) is 4.16. The predicted octanol–water partition coefficient (Wildman–Crippen LogP) is 4.52. The first kappa shape index (κ1) is 18.5. The van der Waals surface area contributed by atoms with E-state index in [1.54, 1.807) is 6.92 Å². The molecule has 1 amide bonds. The van der Waals surface area contributed by atoms with Gasteiger partial charge in [0.25, 0.3) is 0 Å². The lowest BCUT2D eigenvalue weighted by Crippen LogP contribution is -2.39. The van der Waals surface area contributed by atoms with Crippen LogP contribution in [0.3, 0.4) is 0 Å². The van der Waals surface area contributed by atoms with E-state index in [0.717, 1.165) is 50.0 Å². The molecule has 1 unspecified atom stereocenters. The Morgan fingerprint density at radius 3 is 2.46 bits per heavy atom. The van der Waals surface area contributed by atoms with Crippen molar-refractivity contribution in [3.05, 3.63) is 78.2 Å². The van der Waals surface area contributed by atoms with Gasteiger partial charge in [0.15, 0.2) is 0 Å². The van der Waals surface area contributed by atoms with Crippen LogP contribution < -0.4 is 0 Å². The van der Waals surface area contributed by atoms with Crippen LogP contribution in [-0.2, 0) is 17.6 Å². The summed E-state index contributed by atoms with van der Waals surface area (Å²) < 4.78 is 2.33. The van der Waals surface area contributed by atoms with Gasteiger partial charge in [0, 0.05) is 31.3 Å². The Morgan fingerprint density at radius 2 is 1.75 bits per heavy atom. The van der Waals surface area contributed by atoms with Gasteiger partial charge in [-0.25, -0.2) is 4.98 Å². The number of likely N-dealkylation sites (tertiary alicyclic amines) is 1. The zero-order valence-electron chi connectivity index (χ0n) is 16.4. The normalized spacial score (nSPS) is 16.9. The van der Waals surface area contributed by atoms with Crippen LogP contribution in [-0.4, -0.2) is 33.4 Å². The minimum Gasteiger partial charge on any atom is -0.341 e. The Balaban J connectivity index is 1.65. The number of nitrogens with zero attached hydrogens (tertiary/aromatic N) is 3. The highest BCUT2D eigenvalue weighted by Crippen LogP contribution is 2.29. The predicted molar refractivity (Wildman–Crippen MR) is 112 cm³/mol. The van der Waals surface area contributed by atoms with Gasteiger partial charge in [-0.15, -0.1) is 0 Å². The molecule has 28 heavy (non-hydrogen) atoms. The maximum absolute atomic E-state index is 11.9. The van der Waals surface area contributed by atoms with Crippen molar-refractivity contribution in [3.63, 3.8) is 0 Å². The molecular weight excluding hydrogens is 346 g/mol. The summed E-state index contributed by atoms with van der Waals surface area (Å²) in [7, 11) is 0. The van der Waals surface area contributed by atoms with Gasteiger partial charge in [0.05, 0.1) is 18.1 Å². The van der Waals surface area contributed by atoms with Gasteiger partial charge in [-0.2, -0.15) is 0 Å². The van der Waals surface area contributed by atoms with Gasteiger partial charge in [0.1, 0.15) is 0 Å². The molecule has 2 heterocycles. The quantitative estimate of drug-likeness (QED) is 0.659. The molecule has 4 heteroatoms.